The fourth-order valence-electron chi connectivity index (χ4n) is 2.83. The highest BCUT2D eigenvalue weighted by atomic mass is 35.5. The van der Waals surface area contributed by atoms with E-state index in [1.165, 1.54) is 37.4 Å². The number of rotatable bonds is 6. The number of hydrogen-bond donors (Lipinski definition) is 1. The lowest BCUT2D eigenvalue weighted by Gasteiger charge is -2.19. The first-order chi connectivity index (χ1) is 14.6. The maximum absolute atomic E-state index is 12.9. The van der Waals surface area contributed by atoms with E-state index < -0.39 is 15.9 Å². The lowest BCUT2D eigenvalue weighted by molar-refractivity contribution is 0.102. The Kier molecular flexibility index (Phi) is 6.69. The van der Waals surface area contributed by atoms with Crippen LogP contribution in [-0.2, 0) is 10.0 Å². The maximum atomic E-state index is 12.9. The van der Waals surface area contributed by atoms with E-state index in [1.54, 1.807) is 36.4 Å². The summed E-state index contributed by atoms with van der Waals surface area (Å²) in [6.07, 6.45) is 1.03. The average Bonchev–Trinajstić information content (AvgIpc) is 2.74. The molecule has 0 saturated heterocycles. The third-order valence-corrected chi connectivity index (χ3v) is 6.30. The summed E-state index contributed by atoms with van der Waals surface area (Å²) in [5, 5.41) is 3.22. The highest BCUT2D eigenvalue weighted by molar-refractivity contribution is 7.92. The minimum absolute atomic E-state index is 0.161. The summed E-state index contributed by atoms with van der Waals surface area (Å²) >= 11 is 12.2. The fourth-order valence-corrected chi connectivity index (χ4v) is 3.80. The second kappa shape index (κ2) is 9.09. The van der Waals surface area contributed by atoms with Gasteiger partial charge in [0.25, 0.3) is 5.91 Å². The number of nitrogens with zero attached hydrogens (tertiary/aromatic N) is 1. The standard InChI is InChI=1S/C22H18Cl2N2O4S/c1-26(31(2,29)30)20-12-15(8-10-18(20)24)22(28)25-19-11-9-16(23)13-17(19)21(27)14-6-4-3-5-7-14/h3-13H,1-2H3,(H,25,28). The number of halogens is 2. The van der Waals surface area contributed by atoms with Gasteiger partial charge in [0, 0.05) is 28.8 Å². The summed E-state index contributed by atoms with van der Waals surface area (Å²) in [4.78, 5) is 25.8. The zero-order chi connectivity index (χ0) is 22.8. The van der Waals surface area contributed by atoms with Gasteiger partial charge >= 0.3 is 0 Å². The van der Waals surface area contributed by atoms with Crippen molar-refractivity contribution in [2.75, 3.05) is 22.9 Å². The molecule has 0 aromatic heterocycles. The van der Waals surface area contributed by atoms with Crippen LogP contribution in [0.3, 0.4) is 0 Å². The molecule has 1 N–H and O–H groups in total. The number of carbonyl (C=O) groups excluding carboxylic acids is 2. The average molecular weight is 477 g/mol. The zero-order valence-corrected chi connectivity index (χ0v) is 18.9. The largest absolute Gasteiger partial charge is 0.321 e. The van der Waals surface area contributed by atoms with Crippen molar-refractivity contribution in [1.82, 2.24) is 0 Å². The highest BCUT2D eigenvalue weighted by Gasteiger charge is 2.20. The van der Waals surface area contributed by atoms with Crippen molar-refractivity contribution in [3.63, 3.8) is 0 Å². The van der Waals surface area contributed by atoms with Gasteiger partial charge in [0.2, 0.25) is 10.0 Å². The molecule has 9 heteroatoms. The van der Waals surface area contributed by atoms with Crippen molar-refractivity contribution in [3.05, 3.63) is 93.5 Å². The van der Waals surface area contributed by atoms with Gasteiger partial charge in [-0.3, -0.25) is 13.9 Å². The van der Waals surface area contributed by atoms with Gasteiger partial charge in [-0.05, 0) is 36.4 Å². The molecule has 0 saturated carbocycles. The summed E-state index contributed by atoms with van der Waals surface area (Å²) in [7, 11) is -2.23. The Morgan fingerprint density at radius 3 is 2.23 bits per heavy atom. The van der Waals surface area contributed by atoms with Gasteiger partial charge in [0.1, 0.15) is 0 Å². The number of carbonyl (C=O) groups is 2. The molecule has 1 amide bonds. The van der Waals surface area contributed by atoms with Crippen molar-refractivity contribution in [2.45, 2.75) is 0 Å². The number of ketones is 1. The SMILES string of the molecule is CN(c1cc(C(=O)Nc2ccc(Cl)cc2C(=O)c2ccccc2)ccc1Cl)S(C)(=O)=O. The third kappa shape index (κ3) is 5.25. The summed E-state index contributed by atoms with van der Waals surface area (Å²) in [5.41, 5.74) is 1.28. The molecule has 3 aromatic carbocycles. The van der Waals surface area contributed by atoms with E-state index in [9.17, 15) is 18.0 Å². The first-order valence-corrected chi connectivity index (χ1v) is 11.6. The molecule has 0 fully saturated rings. The molecular formula is C22H18Cl2N2O4S. The van der Waals surface area contributed by atoms with Crippen LogP contribution in [0.5, 0.6) is 0 Å². The molecule has 31 heavy (non-hydrogen) atoms. The minimum Gasteiger partial charge on any atom is -0.321 e. The van der Waals surface area contributed by atoms with Crippen LogP contribution in [0.15, 0.2) is 66.7 Å². The van der Waals surface area contributed by atoms with E-state index in [2.05, 4.69) is 5.32 Å². The van der Waals surface area contributed by atoms with Gasteiger partial charge < -0.3 is 5.32 Å². The number of anilines is 2. The molecule has 0 spiro atoms. The Balaban J connectivity index is 1.95. The van der Waals surface area contributed by atoms with Gasteiger partial charge in [-0.2, -0.15) is 0 Å². The van der Waals surface area contributed by atoms with Crippen LogP contribution < -0.4 is 9.62 Å². The predicted octanol–water partition coefficient (Wildman–Crippen LogP) is 4.87. The van der Waals surface area contributed by atoms with E-state index in [4.69, 9.17) is 23.2 Å². The molecule has 0 aliphatic heterocycles. The number of hydrogen-bond acceptors (Lipinski definition) is 4. The number of sulfonamides is 1. The second-order valence-electron chi connectivity index (χ2n) is 6.74. The molecule has 3 aromatic rings. The van der Waals surface area contributed by atoms with Crippen LogP contribution in [0.4, 0.5) is 11.4 Å². The van der Waals surface area contributed by atoms with Crippen molar-refractivity contribution in [1.29, 1.82) is 0 Å². The molecule has 3 rings (SSSR count). The highest BCUT2D eigenvalue weighted by Crippen LogP contribution is 2.29. The lowest BCUT2D eigenvalue weighted by Crippen LogP contribution is -2.25. The lowest BCUT2D eigenvalue weighted by atomic mass is 10.0. The fraction of sp³-hybridized carbons (Fsp3) is 0.0909. The monoisotopic (exact) mass is 476 g/mol. The van der Waals surface area contributed by atoms with E-state index in [1.807, 2.05) is 0 Å². The smallest absolute Gasteiger partial charge is 0.255 e. The molecule has 0 aliphatic carbocycles. The number of amides is 1. The molecule has 0 radical (unpaired) electrons. The van der Waals surface area contributed by atoms with Gasteiger partial charge in [0.15, 0.2) is 5.78 Å². The van der Waals surface area contributed by atoms with E-state index in [0.717, 1.165) is 10.6 Å². The quantitative estimate of drug-likeness (QED) is 0.514. The van der Waals surface area contributed by atoms with Gasteiger partial charge in [0.05, 0.1) is 22.7 Å². The normalized spacial score (nSPS) is 11.1. The number of benzene rings is 3. The summed E-state index contributed by atoms with van der Waals surface area (Å²) in [6, 6.07) is 17.5. The maximum Gasteiger partial charge on any atom is 0.255 e. The Hall–Kier alpha value is -2.87. The molecule has 0 atom stereocenters. The van der Waals surface area contributed by atoms with E-state index in [-0.39, 0.29) is 33.3 Å². The van der Waals surface area contributed by atoms with Gasteiger partial charge in [-0.1, -0.05) is 53.5 Å². The van der Waals surface area contributed by atoms with Gasteiger partial charge in [-0.15, -0.1) is 0 Å². The molecular weight excluding hydrogens is 459 g/mol. The van der Waals surface area contributed by atoms with Crippen molar-refractivity contribution >= 4 is 56.3 Å². The Bertz CT molecular complexity index is 1260. The first kappa shape index (κ1) is 22.8. The molecule has 0 heterocycles. The van der Waals surface area contributed by atoms with Crippen molar-refractivity contribution in [3.8, 4) is 0 Å². The second-order valence-corrected chi connectivity index (χ2v) is 9.59. The van der Waals surface area contributed by atoms with Crippen molar-refractivity contribution < 1.29 is 18.0 Å². The Morgan fingerprint density at radius 1 is 0.903 bits per heavy atom. The molecule has 160 valence electrons. The molecule has 0 aliphatic rings. The summed E-state index contributed by atoms with van der Waals surface area (Å²) in [6.45, 7) is 0. The van der Waals surface area contributed by atoms with Gasteiger partial charge in [-0.25, -0.2) is 8.42 Å². The minimum atomic E-state index is -3.58. The van der Waals surface area contributed by atoms with Crippen LogP contribution in [0.25, 0.3) is 0 Å². The first-order valence-electron chi connectivity index (χ1n) is 9.02. The van der Waals surface area contributed by atoms with Crippen molar-refractivity contribution in [2.24, 2.45) is 0 Å². The van der Waals surface area contributed by atoms with E-state index >= 15 is 0 Å². The summed E-state index contributed by atoms with van der Waals surface area (Å²) < 4.78 is 24.7. The molecule has 0 unspecified atom stereocenters. The van der Waals surface area contributed by atoms with Crippen LogP contribution in [0, 0.1) is 0 Å². The van der Waals surface area contributed by atoms with Crippen LogP contribution in [0.2, 0.25) is 10.0 Å². The van der Waals surface area contributed by atoms with Crippen LogP contribution >= 0.6 is 23.2 Å². The topological polar surface area (TPSA) is 83.6 Å². The zero-order valence-electron chi connectivity index (χ0n) is 16.6. The van der Waals surface area contributed by atoms with Crippen LogP contribution in [0.1, 0.15) is 26.3 Å². The summed E-state index contributed by atoms with van der Waals surface area (Å²) in [5.74, 6) is -0.837. The molecule has 0 bridgehead atoms. The van der Waals surface area contributed by atoms with Crippen LogP contribution in [-0.4, -0.2) is 33.4 Å². The van der Waals surface area contributed by atoms with E-state index in [0.29, 0.717) is 10.6 Å². The number of nitrogens with one attached hydrogen (secondary N) is 1. The predicted molar refractivity (Wildman–Crippen MR) is 124 cm³/mol. The molecule has 6 nitrogen and oxygen atoms in total. The Morgan fingerprint density at radius 2 is 1.58 bits per heavy atom. The third-order valence-electron chi connectivity index (χ3n) is 4.56. The Labute approximate surface area is 190 Å².